The van der Waals surface area contributed by atoms with Gasteiger partial charge in [0, 0.05) is 24.9 Å². The van der Waals surface area contributed by atoms with Gasteiger partial charge in [-0.2, -0.15) is 0 Å². The van der Waals surface area contributed by atoms with Crippen LogP contribution in [-0.4, -0.2) is 40.8 Å². The SMILES string of the molecule is CCO[C@H]1C[C@@]2(C)[C@@H](CC[C@H]3[C@@H]4CC[C@H](C(C)=O)[C@@]4(C)CC(=O)[C@@H]32)C[C@@H]1OC(=O)CI. The largest absolute Gasteiger partial charge is 0.459 e. The molecule has 4 rings (SSSR count). The third kappa shape index (κ3) is 3.81. The Bertz CT molecular complexity index is 752. The van der Waals surface area contributed by atoms with Crippen molar-refractivity contribution in [1.82, 2.24) is 0 Å². The molecule has 0 saturated heterocycles. The van der Waals surface area contributed by atoms with Gasteiger partial charge in [0.25, 0.3) is 0 Å². The van der Waals surface area contributed by atoms with Crippen LogP contribution in [0, 0.1) is 40.4 Å². The number of fused-ring (bicyclic) bond motifs is 5. The van der Waals surface area contributed by atoms with Gasteiger partial charge in [0.1, 0.15) is 17.7 Å². The molecule has 0 spiro atoms. The molecule has 0 aromatic heterocycles. The van der Waals surface area contributed by atoms with Crippen LogP contribution >= 0.6 is 22.6 Å². The number of hydrogen-bond donors (Lipinski definition) is 0. The van der Waals surface area contributed by atoms with E-state index in [2.05, 4.69) is 13.8 Å². The van der Waals surface area contributed by atoms with E-state index in [1.807, 2.05) is 29.5 Å². The van der Waals surface area contributed by atoms with Gasteiger partial charge in [-0.15, -0.1) is 0 Å². The Balaban J connectivity index is 1.62. The number of alkyl halides is 1. The average Bonchev–Trinajstić information content (AvgIpc) is 3.05. The summed E-state index contributed by atoms with van der Waals surface area (Å²) in [4.78, 5) is 38.1. The second-order valence-corrected chi connectivity index (χ2v) is 11.8. The van der Waals surface area contributed by atoms with Crippen LogP contribution in [0.1, 0.15) is 72.6 Å². The Hall–Kier alpha value is -0.500. The fraction of sp³-hybridized carbons (Fsp3) is 0.880. The molecule has 0 aromatic carbocycles. The number of esters is 1. The van der Waals surface area contributed by atoms with E-state index in [1.54, 1.807) is 6.92 Å². The molecule has 0 heterocycles. The lowest BCUT2D eigenvalue weighted by Crippen LogP contribution is -2.60. The fourth-order valence-electron chi connectivity index (χ4n) is 8.43. The molecule has 0 amide bonds. The minimum atomic E-state index is -0.214. The molecule has 0 N–H and O–H groups in total. The zero-order valence-electron chi connectivity index (χ0n) is 19.3. The summed E-state index contributed by atoms with van der Waals surface area (Å²) in [6.45, 7) is 8.77. The molecule has 4 aliphatic rings. The van der Waals surface area contributed by atoms with Crippen molar-refractivity contribution in [3.8, 4) is 0 Å². The standard InChI is InChI=1S/C25H37IO5/c1-5-30-21-12-24(3)15(10-20(21)31-22(29)13-26)6-7-16-18-9-8-17(14(2)27)25(18,4)11-19(28)23(16)24/h15-18,20-21,23H,5-13H2,1-4H3/t15-,16-,17+,18-,20-,21-,23+,24-,25+/m0/s1. The summed E-state index contributed by atoms with van der Waals surface area (Å²) in [5.74, 6) is 1.71. The van der Waals surface area contributed by atoms with Crippen LogP contribution in [0.2, 0.25) is 0 Å². The summed E-state index contributed by atoms with van der Waals surface area (Å²) in [7, 11) is 0. The Morgan fingerprint density at radius 3 is 2.48 bits per heavy atom. The number of carbonyl (C=O) groups excluding carboxylic acids is 3. The third-order valence-corrected chi connectivity index (χ3v) is 10.2. The summed E-state index contributed by atoms with van der Waals surface area (Å²) < 4.78 is 12.2. The van der Waals surface area contributed by atoms with Crippen LogP contribution in [0.3, 0.4) is 0 Å². The minimum Gasteiger partial charge on any atom is -0.459 e. The van der Waals surface area contributed by atoms with Gasteiger partial charge in [-0.1, -0.05) is 36.4 Å². The molecule has 5 nitrogen and oxygen atoms in total. The van der Waals surface area contributed by atoms with E-state index < -0.39 is 0 Å². The van der Waals surface area contributed by atoms with Crippen molar-refractivity contribution in [1.29, 1.82) is 0 Å². The number of hydrogen-bond acceptors (Lipinski definition) is 5. The van der Waals surface area contributed by atoms with Gasteiger partial charge in [0.2, 0.25) is 0 Å². The Kier molecular flexibility index (Phi) is 6.63. The molecular weight excluding hydrogens is 507 g/mol. The second kappa shape index (κ2) is 8.69. The van der Waals surface area contributed by atoms with E-state index in [4.69, 9.17) is 9.47 Å². The van der Waals surface area contributed by atoms with E-state index in [-0.39, 0.29) is 46.6 Å². The molecule has 4 aliphatic carbocycles. The van der Waals surface area contributed by atoms with E-state index >= 15 is 0 Å². The number of halogens is 1. The van der Waals surface area contributed by atoms with Crippen molar-refractivity contribution < 1.29 is 23.9 Å². The predicted molar refractivity (Wildman–Crippen MR) is 126 cm³/mol. The molecule has 9 atom stereocenters. The molecule has 0 radical (unpaired) electrons. The molecule has 0 unspecified atom stereocenters. The molecule has 0 aliphatic heterocycles. The zero-order chi connectivity index (χ0) is 22.6. The molecule has 6 heteroatoms. The lowest BCUT2D eigenvalue weighted by molar-refractivity contribution is -0.191. The van der Waals surface area contributed by atoms with Crippen molar-refractivity contribution in [3.05, 3.63) is 0 Å². The maximum atomic E-state index is 13.7. The van der Waals surface area contributed by atoms with E-state index in [0.717, 1.165) is 38.5 Å². The highest BCUT2D eigenvalue weighted by Crippen LogP contribution is 2.66. The number of carbonyl (C=O) groups is 3. The van der Waals surface area contributed by atoms with Crippen molar-refractivity contribution >= 4 is 40.1 Å². The summed E-state index contributed by atoms with van der Waals surface area (Å²) in [5, 5.41) is 0. The lowest BCUT2D eigenvalue weighted by atomic mass is 9.44. The van der Waals surface area contributed by atoms with Crippen molar-refractivity contribution in [2.45, 2.75) is 84.8 Å². The third-order valence-electron chi connectivity index (χ3n) is 9.58. The number of ketones is 2. The molecular formula is C25H37IO5. The normalized spacial score (nSPS) is 46.6. The first-order chi connectivity index (χ1) is 14.7. The van der Waals surface area contributed by atoms with Gasteiger partial charge in [-0.3, -0.25) is 14.4 Å². The van der Waals surface area contributed by atoms with Crippen molar-refractivity contribution in [2.24, 2.45) is 40.4 Å². The van der Waals surface area contributed by atoms with E-state index in [9.17, 15) is 14.4 Å². The molecule has 4 saturated carbocycles. The van der Waals surface area contributed by atoms with Crippen LogP contribution < -0.4 is 0 Å². The number of Topliss-reactive ketones (excluding diaryl/α,β-unsaturated/α-hetero) is 2. The Morgan fingerprint density at radius 1 is 1.10 bits per heavy atom. The maximum Gasteiger partial charge on any atom is 0.316 e. The quantitative estimate of drug-likeness (QED) is 0.283. The highest BCUT2D eigenvalue weighted by molar-refractivity contribution is 14.1. The van der Waals surface area contributed by atoms with Gasteiger partial charge >= 0.3 is 5.97 Å². The van der Waals surface area contributed by atoms with E-state index in [1.165, 1.54) is 0 Å². The van der Waals surface area contributed by atoms with Crippen molar-refractivity contribution in [2.75, 3.05) is 11.0 Å². The van der Waals surface area contributed by atoms with Gasteiger partial charge < -0.3 is 9.47 Å². The van der Waals surface area contributed by atoms with Crippen LogP contribution in [-0.2, 0) is 23.9 Å². The first-order valence-electron chi connectivity index (χ1n) is 12.1. The molecule has 174 valence electrons. The summed E-state index contributed by atoms with van der Waals surface area (Å²) in [5.41, 5.74) is -0.289. The van der Waals surface area contributed by atoms with Gasteiger partial charge in [-0.05, 0) is 81.0 Å². The number of rotatable bonds is 5. The molecule has 31 heavy (non-hydrogen) atoms. The Morgan fingerprint density at radius 2 is 1.84 bits per heavy atom. The van der Waals surface area contributed by atoms with E-state index in [0.29, 0.717) is 41.0 Å². The number of ether oxygens (including phenoxy) is 2. The molecule has 4 fully saturated rings. The van der Waals surface area contributed by atoms with Gasteiger partial charge in [0.05, 0.1) is 10.5 Å². The van der Waals surface area contributed by atoms with Crippen LogP contribution in [0.25, 0.3) is 0 Å². The lowest BCUT2D eigenvalue weighted by Gasteiger charge is -2.60. The van der Waals surface area contributed by atoms with Crippen molar-refractivity contribution in [3.63, 3.8) is 0 Å². The van der Waals surface area contributed by atoms with Crippen LogP contribution in [0.5, 0.6) is 0 Å². The summed E-state index contributed by atoms with van der Waals surface area (Å²) >= 11 is 2.04. The summed E-state index contributed by atoms with van der Waals surface area (Å²) in [6.07, 6.45) is 5.87. The Labute approximate surface area is 199 Å². The monoisotopic (exact) mass is 544 g/mol. The highest BCUT2D eigenvalue weighted by Gasteiger charge is 2.64. The topological polar surface area (TPSA) is 69.7 Å². The zero-order valence-corrected chi connectivity index (χ0v) is 21.5. The predicted octanol–water partition coefficient (Wildman–Crippen LogP) is 4.78. The first kappa shape index (κ1) is 23.7. The van der Waals surface area contributed by atoms with Crippen LogP contribution in [0.15, 0.2) is 0 Å². The highest BCUT2D eigenvalue weighted by atomic mass is 127. The minimum absolute atomic E-state index is 0.0347. The smallest absolute Gasteiger partial charge is 0.316 e. The van der Waals surface area contributed by atoms with Gasteiger partial charge in [-0.25, -0.2) is 0 Å². The molecule has 0 bridgehead atoms. The maximum absolute atomic E-state index is 13.7. The fourth-order valence-corrected chi connectivity index (χ4v) is 8.61. The first-order valence-corrected chi connectivity index (χ1v) is 13.6. The van der Waals surface area contributed by atoms with Crippen LogP contribution in [0.4, 0.5) is 0 Å². The second-order valence-electron chi connectivity index (χ2n) is 11.0. The summed E-state index contributed by atoms with van der Waals surface area (Å²) in [6, 6.07) is 0. The molecule has 0 aromatic rings. The average molecular weight is 544 g/mol. The van der Waals surface area contributed by atoms with Gasteiger partial charge in [0.15, 0.2) is 0 Å².